The van der Waals surface area contributed by atoms with E-state index in [0.29, 0.717) is 0 Å². The fraction of sp³-hybridized carbons (Fsp3) is 0.286. The zero-order valence-corrected chi connectivity index (χ0v) is 13.0. The molecular weight excluding hydrogens is 342 g/mol. The predicted octanol–water partition coefficient (Wildman–Crippen LogP) is 2.43. The molecule has 0 saturated carbocycles. The smallest absolute Gasteiger partial charge is 0.387 e. The molecule has 0 unspecified atom stereocenters. The number of nitro groups is 1. The maximum absolute atomic E-state index is 12.3. The number of ether oxygens (including phenoxy) is 2. The molecule has 11 heteroatoms. The molecule has 2 aromatic rings. The Labute approximate surface area is 140 Å². The first kappa shape index (κ1) is 18.1. The van der Waals surface area contributed by atoms with Gasteiger partial charge in [-0.3, -0.25) is 19.6 Å². The molecule has 0 saturated heterocycles. The van der Waals surface area contributed by atoms with Crippen LogP contribution in [0.2, 0.25) is 0 Å². The SMILES string of the molecule is COc1nn(CCC(=O)Nc2ccccc2OC(F)F)cc1[N+](=O)[O-]. The molecule has 1 aromatic heterocycles. The summed E-state index contributed by atoms with van der Waals surface area (Å²) in [6, 6.07) is 5.75. The molecule has 1 N–H and O–H groups in total. The van der Waals surface area contributed by atoms with Gasteiger partial charge in [0, 0.05) is 6.42 Å². The van der Waals surface area contributed by atoms with Crippen molar-refractivity contribution < 1.29 is 28.0 Å². The number of aromatic nitrogens is 2. The van der Waals surface area contributed by atoms with Crippen LogP contribution in [0.5, 0.6) is 11.6 Å². The third kappa shape index (κ3) is 4.86. The molecule has 25 heavy (non-hydrogen) atoms. The topological polar surface area (TPSA) is 109 Å². The van der Waals surface area contributed by atoms with Crippen molar-refractivity contribution in [1.29, 1.82) is 0 Å². The Morgan fingerprint density at radius 2 is 2.16 bits per heavy atom. The number of halogens is 2. The summed E-state index contributed by atoms with van der Waals surface area (Å²) in [5, 5.41) is 17.1. The number of carbonyl (C=O) groups excluding carboxylic acids is 1. The molecule has 0 atom stereocenters. The molecule has 1 aromatic carbocycles. The van der Waals surface area contributed by atoms with Crippen LogP contribution in [-0.2, 0) is 11.3 Å². The Morgan fingerprint density at radius 3 is 2.76 bits per heavy atom. The van der Waals surface area contributed by atoms with Crippen LogP contribution >= 0.6 is 0 Å². The number of nitrogens with zero attached hydrogens (tertiary/aromatic N) is 3. The number of hydrogen-bond acceptors (Lipinski definition) is 6. The Balaban J connectivity index is 1.99. The summed E-state index contributed by atoms with van der Waals surface area (Å²) in [5.41, 5.74) is -0.226. The van der Waals surface area contributed by atoms with Gasteiger partial charge in [-0.05, 0) is 12.1 Å². The van der Waals surface area contributed by atoms with E-state index in [9.17, 15) is 23.7 Å². The molecule has 0 bridgehead atoms. The van der Waals surface area contributed by atoms with E-state index >= 15 is 0 Å². The van der Waals surface area contributed by atoms with Crippen molar-refractivity contribution in [3.63, 3.8) is 0 Å². The van der Waals surface area contributed by atoms with E-state index in [1.54, 1.807) is 6.07 Å². The minimum atomic E-state index is -3.02. The highest BCUT2D eigenvalue weighted by atomic mass is 19.3. The molecule has 134 valence electrons. The van der Waals surface area contributed by atoms with Crippen LogP contribution in [0, 0.1) is 10.1 Å². The number of methoxy groups -OCH3 is 1. The van der Waals surface area contributed by atoms with Crippen molar-refractivity contribution in [3.05, 3.63) is 40.6 Å². The Kier molecular flexibility index (Phi) is 5.82. The third-order valence-electron chi connectivity index (χ3n) is 3.04. The van der Waals surface area contributed by atoms with E-state index in [-0.39, 0.29) is 36.0 Å². The highest BCUT2D eigenvalue weighted by Crippen LogP contribution is 2.26. The summed E-state index contributed by atoms with van der Waals surface area (Å²) in [7, 11) is 1.24. The average molecular weight is 356 g/mol. The van der Waals surface area contributed by atoms with Crippen molar-refractivity contribution >= 4 is 17.3 Å². The fourth-order valence-electron chi connectivity index (χ4n) is 1.98. The first-order valence-electron chi connectivity index (χ1n) is 7.00. The zero-order valence-electron chi connectivity index (χ0n) is 13.0. The maximum Gasteiger partial charge on any atom is 0.387 e. The summed E-state index contributed by atoms with van der Waals surface area (Å²) in [6.07, 6.45) is 1.05. The second-order valence-corrected chi connectivity index (χ2v) is 4.72. The van der Waals surface area contributed by atoms with Crippen LogP contribution in [0.1, 0.15) is 6.42 Å². The van der Waals surface area contributed by atoms with Gasteiger partial charge in [0.2, 0.25) is 5.91 Å². The van der Waals surface area contributed by atoms with E-state index in [4.69, 9.17) is 4.74 Å². The first-order valence-corrected chi connectivity index (χ1v) is 7.00. The number of aryl methyl sites for hydroxylation is 1. The molecule has 0 spiro atoms. The van der Waals surface area contributed by atoms with E-state index in [2.05, 4.69) is 15.2 Å². The lowest BCUT2D eigenvalue weighted by Gasteiger charge is -2.11. The average Bonchev–Trinajstić information content (AvgIpc) is 2.98. The predicted molar refractivity (Wildman–Crippen MR) is 81.8 cm³/mol. The second-order valence-electron chi connectivity index (χ2n) is 4.72. The van der Waals surface area contributed by atoms with Gasteiger partial charge >= 0.3 is 18.2 Å². The van der Waals surface area contributed by atoms with Gasteiger partial charge in [-0.1, -0.05) is 12.1 Å². The van der Waals surface area contributed by atoms with Gasteiger partial charge in [0.05, 0.1) is 24.3 Å². The highest BCUT2D eigenvalue weighted by molar-refractivity contribution is 5.92. The number of amides is 1. The van der Waals surface area contributed by atoms with Crippen LogP contribution in [-0.4, -0.2) is 34.3 Å². The molecule has 1 amide bonds. The van der Waals surface area contributed by atoms with E-state index in [0.717, 1.165) is 6.20 Å². The summed E-state index contributed by atoms with van der Waals surface area (Å²) < 4.78 is 35.0. The van der Waals surface area contributed by atoms with Crippen molar-refractivity contribution in [2.75, 3.05) is 12.4 Å². The number of hydrogen-bond donors (Lipinski definition) is 1. The lowest BCUT2D eigenvalue weighted by molar-refractivity contribution is -0.385. The monoisotopic (exact) mass is 356 g/mol. The van der Waals surface area contributed by atoms with Gasteiger partial charge in [-0.15, -0.1) is 5.10 Å². The molecule has 0 aliphatic heterocycles. The molecule has 2 rings (SSSR count). The molecule has 0 fully saturated rings. The normalized spacial score (nSPS) is 10.6. The van der Waals surface area contributed by atoms with Gasteiger partial charge in [0.15, 0.2) is 0 Å². The summed E-state index contributed by atoms with van der Waals surface area (Å²) in [5.74, 6) is -0.828. The molecule has 0 radical (unpaired) electrons. The number of rotatable bonds is 8. The minimum Gasteiger partial charge on any atom is -0.475 e. The fourth-order valence-corrected chi connectivity index (χ4v) is 1.98. The molecule has 9 nitrogen and oxygen atoms in total. The van der Waals surface area contributed by atoms with Crippen LogP contribution in [0.25, 0.3) is 0 Å². The summed E-state index contributed by atoms with van der Waals surface area (Å²) >= 11 is 0. The van der Waals surface area contributed by atoms with Crippen LogP contribution in [0.3, 0.4) is 0 Å². The first-order chi connectivity index (χ1) is 11.9. The summed E-state index contributed by atoms with van der Waals surface area (Å²) in [6.45, 7) is -2.98. The van der Waals surface area contributed by atoms with Gasteiger partial charge in [0.1, 0.15) is 11.9 Å². The zero-order chi connectivity index (χ0) is 18.4. The number of nitrogens with one attached hydrogen (secondary N) is 1. The molecule has 0 aliphatic rings. The minimum absolute atomic E-state index is 0.0356. The Bertz CT molecular complexity index is 765. The molecular formula is C14H14F2N4O5. The van der Waals surface area contributed by atoms with Gasteiger partial charge < -0.3 is 14.8 Å². The van der Waals surface area contributed by atoms with Gasteiger partial charge in [0.25, 0.3) is 0 Å². The number of para-hydroxylation sites is 2. The molecule has 1 heterocycles. The van der Waals surface area contributed by atoms with Crippen LogP contribution in [0.4, 0.5) is 20.2 Å². The number of anilines is 1. The third-order valence-corrected chi connectivity index (χ3v) is 3.04. The largest absolute Gasteiger partial charge is 0.475 e. The van der Waals surface area contributed by atoms with Crippen LogP contribution in [0.15, 0.2) is 30.5 Å². The number of alkyl halides is 2. The lowest BCUT2D eigenvalue weighted by atomic mass is 10.3. The van der Waals surface area contributed by atoms with Gasteiger partial charge in [-0.2, -0.15) is 8.78 Å². The Morgan fingerprint density at radius 1 is 1.44 bits per heavy atom. The van der Waals surface area contributed by atoms with E-state index in [1.807, 2.05) is 0 Å². The maximum atomic E-state index is 12.3. The number of benzene rings is 1. The number of carbonyl (C=O) groups is 1. The highest BCUT2D eigenvalue weighted by Gasteiger charge is 2.20. The van der Waals surface area contributed by atoms with E-state index in [1.165, 1.54) is 30.0 Å². The molecule has 0 aliphatic carbocycles. The van der Waals surface area contributed by atoms with Gasteiger partial charge in [-0.25, -0.2) is 0 Å². The van der Waals surface area contributed by atoms with Crippen molar-refractivity contribution in [3.8, 4) is 11.6 Å². The van der Waals surface area contributed by atoms with E-state index < -0.39 is 17.4 Å². The van der Waals surface area contributed by atoms with Crippen LogP contribution < -0.4 is 14.8 Å². The standard InChI is InChI=1S/C14H14F2N4O5/c1-24-13-10(20(22)23)8-19(18-13)7-6-12(21)17-9-4-2-3-5-11(9)25-14(15)16/h2-5,8,14H,6-7H2,1H3,(H,17,21). The second kappa shape index (κ2) is 8.04. The van der Waals surface area contributed by atoms with Crippen molar-refractivity contribution in [1.82, 2.24) is 9.78 Å². The Hall–Kier alpha value is -3.24. The summed E-state index contributed by atoms with van der Waals surface area (Å²) in [4.78, 5) is 22.1. The van der Waals surface area contributed by atoms with Crippen molar-refractivity contribution in [2.24, 2.45) is 0 Å². The van der Waals surface area contributed by atoms with Crippen molar-refractivity contribution in [2.45, 2.75) is 19.6 Å². The quantitative estimate of drug-likeness (QED) is 0.575. The lowest BCUT2D eigenvalue weighted by Crippen LogP contribution is -2.16.